The molecule has 0 radical (unpaired) electrons. The number of carbonyl (C=O) groups excluding carboxylic acids is 1. The Morgan fingerprint density at radius 3 is 2.19 bits per heavy atom. The molecule has 1 heterocycles. The molecule has 0 bridgehead atoms. The van der Waals surface area contributed by atoms with Crippen LogP contribution in [0.25, 0.3) is 0 Å². The van der Waals surface area contributed by atoms with Gasteiger partial charge in [0.2, 0.25) is 0 Å². The van der Waals surface area contributed by atoms with Gasteiger partial charge in [0.15, 0.2) is 0 Å². The molecule has 0 atom stereocenters. The van der Waals surface area contributed by atoms with Crippen LogP contribution in [0.1, 0.15) is 31.2 Å². The Bertz CT molecular complexity index is 648. The van der Waals surface area contributed by atoms with Gasteiger partial charge in [0, 0.05) is 51.5 Å². The van der Waals surface area contributed by atoms with E-state index in [2.05, 4.69) is 17.0 Å². The van der Waals surface area contributed by atoms with Crippen LogP contribution in [0, 0.1) is 5.92 Å². The Kier molecular flexibility index (Phi) is 6.21. The highest BCUT2D eigenvalue weighted by Crippen LogP contribution is 2.28. The fourth-order valence-corrected chi connectivity index (χ4v) is 4.09. The van der Waals surface area contributed by atoms with Gasteiger partial charge >= 0.3 is 12.0 Å². The smallest absolute Gasteiger partial charge is 0.320 e. The second kappa shape index (κ2) is 8.61. The molecule has 7 heteroatoms. The predicted molar refractivity (Wildman–Crippen MR) is 105 cm³/mol. The molecule has 1 aliphatic carbocycles. The molecule has 2 aliphatic rings. The third kappa shape index (κ3) is 4.53. The molecular formula is C20H30N4O3. The Hall–Kier alpha value is -2.28. The fraction of sp³-hybridized carbons (Fsp3) is 0.600. The number of carbonyl (C=O) groups is 2. The summed E-state index contributed by atoms with van der Waals surface area (Å²) in [6.45, 7) is 3.57. The Morgan fingerprint density at radius 2 is 1.67 bits per heavy atom. The van der Waals surface area contributed by atoms with Crippen LogP contribution in [0.5, 0.6) is 0 Å². The van der Waals surface area contributed by atoms with Crippen molar-refractivity contribution in [1.29, 1.82) is 0 Å². The average molecular weight is 374 g/mol. The average Bonchev–Trinajstić information content (AvgIpc) is 2.73. The van der Waals surface area contributed by atoms with Crippen LogP contribution in [-0.2, 0) is 11.3 Å². The van der Waals surface area contributed by atoms with E-state index in [1.165, 1.54) is 5.69 Å². The van der Waals surface area contributed by atoms with E-state index in [0.29, 0.717) is 32.5 Å². The SMILES string of the molecule is CN(C(=O)N1CCN(c2ccc(CN)cc2)CC1)[C@H]1CC[C@H](C(=O)O)CC1. The maximum Gasteiger partial charge on any atom is 0.320 e. The van der Waals surface area contributed by atoms with Crippen molar-refractivity contribution in [2.75, 3.05) is 38.1 Å². The van der Waals surface area contributed by atoms with Crippen LogP contribution < -0.4 is 10.6 Å². The van der Waals surface area contributed by atoms with E-state index in [1.54, 1.807) is 0 Å². The molecule has 27 heavy (non-hydrogen) atoms. The molecule has 148 valence electrons. The van der Waals surface area contributed by atoms with Crippen molar-refractivity contribution in [2.45, 2.75) is 38.3 Å². The summed E-state index contributed by atoms with van der Waals surface area (Å²) in [6, 6.07) is 8.49. The largest absolute Gasteiger partial charge is 0.481 e. The normalized spacial score (nSPS) is 23.2. The molecule has 1 saturated carbocycles. The zero-order valence-electron chi connectivity index (χ0n) is 16.0. The zero-order valence-corrected chi connectivity index (χ0v) is 16.0. The first-order chi connectivity index (χ1) is 13.0. The molecule has 0 aromatic heterocycles. The van der Waals surface area contributed by atoms with Crippen molar-refractivity contribution in [3.63, 3.8) is 0 Å². The van der Waals surface area contributed by atoms with Crippen LogP contribution >= 0.6 is 0 Å². The zero-order chi connectivity index (χ0) is 19.4. The number of anilines is 1. The molecule has 3 N–H and O–H groups in total. The van der Waals surface area contributed by atoms with Crippen LogP contribution in [0.4, 0.5) is 10.5 Å². The molecule has 1 aromatic rings. The van der Waals surface area contributed by atoms with E-state index in [9.17, 15) is 9.59 Å². The Labute approximate surface area is 160 Å². The first-order valence-electron chi connectivity index (χ1n) is 9.78. The summed E-state index contributed by atoms with van der Waals surface area (Å²) in [5.41, 5.74) is 7.93. The van der Waals surface area contributed by atoms with Gasteiger partial charge in [-0.15, -0.1) is 0 Å². The molecule has 0 spiro atoms. The number of hydrogen-bond donors (Lipinski definition) is 2. The molecule has 2 fully saturated rings. The number of amides is 2. The summed E-state index contributed by atoms with van der Waals surface area (Å²) >= 11 is 0. The van der Waals surface area contributed by atoms with Crippen molar-refractivity contribution in [3.05, 3.63) is 29.8 Å². The minimum atomic E-state index is -0.710. The van der Waals surface area contributed by atoms with E-state index >= 15 is 0 Å². The topological polar surface area (TPSA) is 90.1 Å². The second-order valence-corrected chi connectivity index (χ2v) is 7.58. The van der Waals surface area contributed by atoms with Crippen LogP contribution in [0.3, 0.4) is 0 Å². The van der Waals surface area contributed by atoms with E-state index in [1.807, 2.05) is 29.0 Å². The van der Waals surface area contributed by atoms with Gasteiger partial charge in [0.05, 0.1) is 5.92 Å². The van der Waals surface area contributed by atoms with Crippen molar-refractivity contribution in [1.82, 2.24) is 9.80 Å². The molecule has 7 nitrogen and oxygen atoms in total. The number of hydrogen-bond acceptors (Lipinski definition) is 4. The summed E-state index contributed by atoms with van der Waals surface area (Å²) in [7, 11) is 1.85. The molecule has 1 aromatic carbocycles. The maximum atomic E-state index is 12.8. The van der Waals surface area contributed by atoms with Gasteiger partial charge in [-0.2, -0.15) is 0 Å². The summed E-state index contributed by atoms with van der Waals surface area (Å²) in [4.78, 5) is 30.0. The van der Waals surface area contributed by atoms with E-state index in [-0.39, 0.29) is 18.0 Å². The van der Waals surface area contributed by atoms with E-state index in [4.69, 9.17) is 10.8 Å². The number of urea groups is 1. The third-order valence-electron chi connectivity index (χ3n) is 5.98. The number of nitrogens with zero attached hydrogens (tertiary/aromatic N) is 3. The monoisotopic (exact) mass is 374 g/mol. The standard InChI is InChI=1S/C20H30N4O3/c1-22(17-8-4-16(5-9-17)19(25)26)20(27)24-12-10-23(11-13-24)18-6-2-15(14-21)3-7-18/h2-3,6-7,16-17H,4-5,8-14,21H2,1H3,(H,25,26)/t16-,17-. The molecule has 1 aliphatic heterocycles. The summed E-state index contributed by atoms with van der Waals surface area (Å²) in [5.74, 6) is -0.961. The van der Waals surface area contributed by atoms with Crippen LogP contribution in [0.15, 0.2) is 24.3 Å². The lowest BCUT2D eigenvalue weighted by Gasteiger charge is -2.40. The summed E-state index contributed by atoms with van der Waals surface area (Å²) < 4.78 is 0. The minimum Gasteiger partial charge on any atom is -0.481 e. The van der Waals surface area contributed by atoms with Gasteiger partial charge < -0.3 is 25.5 Å². The fourth-order valence-electron chi connectivity index (χ4n) is 4.09. The highest BCUT2D eigenvalue weighted by atomic mass is 16.4. The van der Waals surface area contributed by atoms with Gasteiger partial charge in [-0.05, 0) is 43.4 Å². The molecule has 3 rings (SSSR count). The predicted octanol–water partition coefficient (Wildman–Crippen LogP) is 1.96. The van der Waals surface area contributed by atoms with Gasteiger partial charge in [-0.25, -0.2) is 4.79 Å². The number of aliphatic carboxylic acids is 1. The van der Waals surface area contributed by atoms with Gasteiger partial charge in [0.25, 0.3) is 0 Å². The highest BCUT2D eigenvalue weighted by Gasteiger charge is 2.32. The van der Waals surface area contributed by atoms with Crippen LogP contribution in [-0.4, -0.2) is 66.2 Å². The number of piperazine rings is 1. The Balaban J connectivity index is 1.49. The number of benzene rings is 1. The molecular weight excluding hydrogens is 344 g/mol. The summed E-state index contributed by atoms with van der Waals surface area (Å²) in [5, 5.41) is 9.12. The number of carboxylic acids is 1. The van der Waals surface area contributed by atoms with Gasteiger partial charge in [-0.1, -0.05) is 12.1 Å². The van der Waals surface area contributed by atoms with Crippen molar-refractivity contribution < 1.29 is 14.7 Å². The number of rotatable bonds is 4. The number of nitrogens with two attached hydrogens (primary N) is 1. The maximum absolute atomic E-state index is 12.8. The first-order valence-corrected chi connectivity index (χ1v) is 9.78. The van der Waals surface area contributed by atoms with Crippen molar-refractivity contribution in [3.8, 4) is 0 Å². The summed E-state index contributed by atoms with van der Waals surface area (Å²) in [6.07, 6.45) is 2.85. The first kappa shape index (κ1) is 19.5. The van der Waals surface area contributed by atoms with Crippen LogP contribution in [0.2, 0.25) is 0 Å². The van der Waals surface area contributed by atoms with Crippen molar-refractivity contribution >= 4 is 17.7 Å². The van der Waals surface area contributed by atoms with E-state index < -0.39 is 5.97 Å². The minimum absolute atomic E-state index is 0.0619. The lowest BCUT2D eigenvalue weighted by Crippen LogP contribution is -2.54. The third-order valence-corrected chi connectivity index (χ3v) is 5.98. The number of carboxylic acid groups (broad SMARTS) is 1. The lowest BCUT2D eigenvalue weighted by molar-refractivity contribution is -0.143. The molecule has 0 unspecified atom stereocenters. The highest BCUT2D eigenvalue weighted by molar-refractivity contribution is 5.75. The Morgan fingerprint density at radius 1 is 1.07 bits per heavy atom. The van der Waals surface area contributed by atoms with Gasteiger partial charge in [0.1, 0.15) is 0 Å². The lowest BCUT2D eigenvalue weighted by atomic mass is 9.85. The van der Waals surface area contributed by atoms with Gasteiger partial charge in [-0.3, -0.25) is 4.79 Å². The quantitative estimate of drug-likeness (QED) is 0.841. The molecule has 2 amide bonds. The second-order valence-electron chi connectivity index (χ2n) is 7.58. The van der Waals surface area contributed by atoms with E-state index in [0.717, 1.165) is 31.5 Å². The molecule has 1 saturated heterocycles. The van der Waals surface area contributed by atoms with Crippen molar-refractivity contribution in [2.24, 2.45) is 11.7 Å².